The van der Waals surface area contributed by atoms with Crippen LogP contribution in [0.2, 0.25) is 0 Å². The minimum Gasteiger partial charge on any atom is -0.330 e. The number of nitrogens with two attached hydrogens (primary N) is 2. The Labute approximate surface area is 66.0 Å². The molecule has 0 aliphatic carbocycles. The van der Waals surface area contributed by atoms with Gasteiger partial charge < -0.3 is 10.5 Å². The Balaban J connectivity index is 3.28. The third-order valence-corrected chi connectivity index (χ3v) is 1.35. The smallest absolute Gasteiger partial charge is 0.139 e. The molecule has 0 spiro atoms. The first kappa shape index (κ1) is 10.5. The van der Waals surface area contributed by atoms with Gasteiger partial charge in [0, 0.05) is 0 Å². The second kappa shape index (κ2) is 7.62. The molecule has 0 bridgehead atoms. The van der Waals surface area contributed by atoms with E-state index >= 15 is 0 Å². The summed E-state index contributed by atoms with van der Waals surface area (Å²) in [4.78, 5) is 14.4. The van der Waals surface area contributed by atoms with Gasteiger partial charge in [-0.3, -0.25) is 0 Å². The lowest BCUT2D eigenvalue weighted by Crippen LogP contribution is -2.33. The largest absolute Gasteiger partial charge is 0.330 e. The Bertz CT molecular complexity index is 99.8. The van der Waals surface area contributed by atoms with Gasteiger partial charge in [-0.05, 0) is 19.4 Å². The molecule has 5 heteroatoms. The summed E-state index contributed by atoms with van der Waals surface area (Å²) in [6.45, 7) is 0.648. The number of hydrogen-bond acceptors (Lipinski definition) is 5. The number of unbranched alkanes of at least 4 members (excludes halogenated alkanes) is 1. The summed E-state index contributed by atoms with van der Waals surface area (Å²) < 4.78 is 0. The summed E-state index contributed by atoms with van der Waals surface area (Å²) in [7, 11) is 0. The minimum atomic E-state index is -0.313. The quantitative estimate of drug-likeness (QED) is 0.255. The summed E-state index contributed by atoms with van der Waals surface area (Å²) in [5.41, 5.74) is 7.63. The standard InChI is InChI=1S/C6H15N3O2/c7-4-2-1-3-6(5-10)9-11-8/h5-6,9H,1-4,7-8H2. The van der Waals surface area contributed by atoms with E-state index in [-0.39, 0.29) is 6.04 Å². The number of rotatable bonds is 7. The lowest BCUT2D eigenvalue weighted by atomic mass is 10.1. The summed E-state index contributed by atoms with van der Waals surface area (Å²) in [6, 6.07) is -0.313. The van der Waals surface area contributed by atoms with E-state index in [2.05, 4.69) is 10.4 Å². The maximum Gasteiger partial charge on any atom is 0.139 e. The first-order valence-corrected chi connectivity index (χ1v) is 3.61. The second-order valence-corrected chi connectivity index (χ2v) is 2.26. The van der Waals surface area contributed by atoms with Crippen LogP contribution in [0.1, 0.15) is 19.3 Å². The van der Waals surface area contributed by atoms with Crippen LogP contribution >= 0.6 is 0 Å². The van der Waals surface area contributed by atoms with E-state index in [1.54, 1.807) is 0 Å². The zero-order chi connectivity index (χ0) is 8.53. The van der Waals surface area contributed by atoms with Crippen molar-refractivity contribution in [3.8, 4) is 0 Å². The topological polar surface area (TPSA) is 90.4 Å². The molecule has 0 amide bonds. The van der Waals surface area contributed by atoms with Gasteiger partial charge >= 0.3 is 0 Å². The first-order valence-electron chi connectivity index (χ1n) is 3.61. The van der Waals surface area contributed by atoms with Crippen LogP contribution in [0.25, 0.3) is 0 Å². The second-order valence-electron chi connectivity index (χ2n) is 2.26. The molecule has 1 atom stereocenters. The fraction of sp³-hybridized carbons (Fsp3) is 0.833. The monoisotopic (exact) mass is 161 g/mol. The van der Waals surface area contributed by atoms with Crippen LogP contribution in [0, 0.1) is 0 Å². The van der Waals surface area contributed by atoms with Crippen LogP contribution in [0.4, 0.5) is 0 Å². The predicted octanol–water partition coefficient (Wildman–Crippen LogP) is -0.922. The van der Waals surface area contributed by atoms with Gasteiger partial charge in [-0.2, -0.15) is 11.4 Å². The van der Waals surface area contributed by atoms with Crippen molar-refractivity contribution in [3.63, 3.8) is 0 Å². The van der Waals surface area contributed by atoms with Gasteiger partial charge in [-0.25, -0.2) is 4.94 Å². The molecular formula is C6H15N3O2. The molecule has 0 aliphatic heterocycles. The average molecular weight is 161 g/mol. The summed E-state index contributed by atoms with van der Waals surface area (Å²) in [5, 5.41) is 0. The average Bonchev–Trinajstić information content (AvgIpc) is 2.03. The summed E-state index contributed by atoms with van der Waals surface area (Å²) in [6.07, 6.45) is 3.29. The van der Waals surface area contributed by atoms with Crippen molar-refractivity contribution in [2.24, 2.45) is 11.6 Å². The fourth-order valence-corrected chi connectivity index (χ4v) is 0.751. The molecule has 0 rings (SSSR count). The van der Waals surface area contributed by atoms with E-state index in [0.29, 0.717) is 13.0 Å². The van der Waals surface area contributed by atoms with Crippen molar-refractivity contribution in [3.05, 3.63) is 0 Å². The molecule has 0 radical (unpaired) electrons. The van der Waals surface area contributed by atoms with E-state index < -0.39 is 0 Å². The maximum absolute atomic E-state index is 10.3. The molecule has 0 saturated heterocycles. The molecule has 66 valence electrons. The van der Waals surface area contributed by atoms with Gasteiger partial charge in [0.05, 0.1) is 6.04 Å². The van der Waals surface area contributed by atoms with E-state index in [9.17, 15) is 4.79 Å². The van der Waals surface area contributed by atoms with Gasteiger partial charge in [-0.15, -0.1) is 0 Å². The first-order chi connectivity index (χ1) is 5.35. The number of hydroxylamine groups is 1. The molecule has 11 heavy (non-hydrogen) atoms. The van der Waals surface area contributed by atoms with E-state index in [4.69, 9.17) is 11.6 Å². The van der Waals surface area contributed by atoms with Crippen LogP contribution in [-0.2, 0) is 9.73 Å². The van der Waals surface area contributed by atoms with Crippen LogP contribution in [0.3, 0.4) is 0 Å². The molecule has 0 aromatic rings. The summed E-state index contributed by atoms with van der Waals surface area (Å²) in [5.74, 6) is 4.71. The van der Waals surface area contributed by atoms with Crippen LogP contribution < -0.4 is 17.1 Å². The number of carbonyl (C=O) groups excluding carboxylic acids is 1. The molecular weight excluding hydrogens is 146 g/mol. The van der Waals surface area contributed by atoms with Crippen LogP contribution in [-0.4, -0.2) is 18.9 Å². The SMILES string of the molecule is NCCCCC(C=O)NON. The number of hydrogen-bond donors (Lipinski definition) is 3. The number of carbonyl (C=O) groups is 1. The number of aldehydes is 1. The molecule has 0 saturated carbocycles. The van der Waals surface area contributed by atoms with Gasteiger partial charge in [0.2, 0.25) is 0 Å². The van der Waals surface area contributed by atoms with Crippen molar-refractivity contribution >= 4 is 6.29 Å². The Hall–Kier alpha value is -0.490. The van der Waals surface area contributed by atoms with Gasteiger partial charge in [0.25, 0.3) is 0 Å². The maximum atomic E-state index is 10.3. The van der Waals surface area contributed by atoms with Crippen LogP contribution in [0.15, 0.2) is 0 Å². The lowest BCUT2D eigenvalue weighted by molar-refractivity contribution is -0.114. The van der Waals surface area contributed by atoms with Crippen LogP contribution in [0.5, 0.6) is 0 Å². The normalized spacial score (nSPS) is 12.9. The van der Waals surface area contributed by atoms with Crippen molar-refractivity contribution < 1.29 is 9.73 Å². The zero-order valence-corrected chi connectivity index (χ0v) is 6.45. The molecule has 0 aliphatic rings. The Morgan fingerprint density at radius 1 is 1.55 bits per heavy atom. The highest BCUT2D eigenvalue weighted by molar-refractivity contribution is 5.56. The molecule has 5 nitrogen and oxygen atoms in total. The Kier molecular flexibility index (Phi) is 7.28. The summed E-state index contributed by atoms with van der Waals surface area (Å²) >= 11 is 0. The molecule has 0 aromatic heterocycles. The van der Waals surface area contributed by atoms with Crippen molar-refractivity contribution in [2.75, 3.05) is 6.54 Å². The van der Waals surface area contributed by atoms with E-state index in [1.807, 2.05) is 0 Å². The van der Waals surface area contributed by atoms with E-state index in [1.165, 1.54) is 0 Å². The molecule has 0 aromatic carbocycles. The van der Waals surface area contributed by atoms with Crippen molar-refractivity contribution in [1.82, 2.24) is 5.48 Å². The third-order valence-electron chi connectivity index (χ3n) is 1.35. The number of nitrogens with one attached hydrogen (secondary N) is 1. The van der Waals surface area contributed by atoms with Gasteiger partial charge in [-0.1, -0.05) is 6.42 Å². The highest BCUT2D eigenvalue weighted by atomic mass is 16.8. The van der Waals surface area contributed by atoms with E-state index in [0.717, 1.165) is 19.1 Å². The minimum absolute atomic E-state index is 0.313. The molecule has 0 heterocycles. The molecule has 5 N–H and O–H groups in total. The predicted molar refractivity (Wildman–Crippen MR) is 41.2 cm³/mol. The van der Waals surface area contributed by atoms with Crippen molar-refractivity contribution in [1.29, 1.82) is 0 Å². The molecule has 0 fully saturated rings. The van der Waals surface area contributed by atoms with Crippen molar-refractivity contribution in [2.45, 2.75) is 25.3 Å². The Morgan fingerprint density at radius 2 is 2.27 bits per heavy atom. The van der Waals surface area contributed by atoms with Gasteiger partial charge in [0.15, 0.2) is 0 Å². The Morgan fingerprint density at radius 3 is 2.73 bits per heavy atom. The highest BCUT2D eigenvalue weighted by Crippen LogP contribution is 1.97. The van der Waals surface area contributed by atoms with Gasteiger partial charge in [0.1, 0.15) is 6.29 Å². The third kappa shape index (κ3) is 5.93. The highest BCUT2D eigenvalue weighted by Gasteiger charge is 2.04. The fourth-order valence-electron chi connectivity index (χ4n) is 0.751. The lowest BCUT2D eigenvalue weighted by Gasteiger charge is -2.08. The molecule has 1 unspecified atom stereocenters. The zero-order valence-electron chi connectivity index (χ0n) is 6.45.